The van der Waals surface area contributed by atoms with Crippen LogP contribution in [-0.4, -0.2) is 17.0 Å². The Balaban J connectivity index is 1.90. The van der Waals surface area contributed by atoms with Gasteiger partial charge in [-0.25, -0.2) is 4.98 Å². The summed E-state index contributed by atoms with van der Waals surface area (Å²) in [6, 6.07) is 3.89. The van der Waals surface area contributed by atoms with Crippen LogP contribution in [-0.2, 0) is 13.2 Å². The van der Waals surface area contributed by atoms with Crippen molar-refractivity contribution in [1.82, 2.24) is 15.3 Å². The molecule has 0 bridgehead atoms. The molecule has 0 saturated heterocycles. The molecule has 0 aliphatic rings. The van der Waals surface area contributed by atoms with Crippen LogP contribution in [0.5, 0.6) is 5.75 Å². The molecule has 0 aliphatic carbocycles. The fourth-order valence-electron chi connectivity index (χ4n) is 1.41. The van der Waals surface area contributed by atoms with Crippen molar-refractivity contribution in [2.75, 3.05) is 7.05 Å². The number of aryl methyl sites for hydroxylation is 1. The number of pyridine rings is 1. The van der Waals surface area contributed by atoms with Crippen LogP contribution in [0.3, 0.4) is 0 Å². The molecule has 0 fully saturated rings. The Morgan fingerprint density at radius 1 is 1.35 bits per heavy atom. The van der Waals surface area contributed by atoms with Crippen LogP contribution in [0.25, 0.3) is 0 Å². The highest BCUT2D eigenvalue weighted by Crippen LogP contribution is 2.13. The Kier molecular flexibility index (Phi) is 4.06. The minimum absolute atomic E-state index is 0.497. The SMILES string of the molecule is CNCc1ccc(OCc2csc(C)n2)cn1. The van der Waals surface area contributed by atoms with E-state index in [-0.39, 0.29) is 0 Å². The van der Waals surface area contributed by atoms with Crippen LogP contribution >= 0.6 is 11.3 Å². The van der Waals surface area contributed by atoms with Gasteiger partial charge in [0.1, 0.15) is 12.4 Å². The number of nitrogens with one attached hydrogen (secondary N) is 1. The average molecular weight is 249 g/mol. The third-order valence-corrected chi connectivity index (χ3v) is 3.03. The lowest BCUT2D eigenvalue weighted by Crippen LogP contribution is -2.06. The van der Waals surface area contributed by atoms with E-state index in [1.807, 2.05) is 31.5 Å². The van der Waals surface area contributed by atoms with E-state index in [2.05, 4.69) is 15.3 Å². The Bertz CT molecular complexity index is 467. The Morgan fingerprint density at radius 2 is 2.24 bits per heavy atom. The lowest BCUT2D eigenvalue weighted by atomic mass is 10.3. The molecule has 0 aromatic carbocycles. The number of ether oxygens (including phenoxy) is 1. The van der Waals surface area contributed by atoms with Crippen LogP contribution in [0.15, 0.2) is 23.7 Å². The summed E-state index contributed by atoms with van der Waals surface area (Å²) in [5.41, 5.74) is 1.97. The van der Waals surface area contributed by atoms with Gasteiger partial charge in [0, 0.05) is 11.9 Å². The molecule has 5 heteroatoms. The highest BCUT2D eigenvalue weighted by molar-refractivity contribution is 7.09. The van der Waals surface area contributed by atoms with Crippen molar-refractivity contribution in [2.45, 2.75) is 20.1 Å². The van der Waals surface area contributed by atoms with E-state index in [0.717, 1.165) is 28.7 Å². The number of hydrogen-bond donors (Lipinski definition) is 1. The molecule has 2 aromatic rings. The molecule has 4 nitrogen and oxygen atoms in total. The second-order valence-electron chi connectivity index (χ2n) is 3.66. The molecule has 1 N–H and O–H groups in total. The summed E-state index contributed by atoms with van der Waals surface area (Å²) in [4.78, 5) is 8.62. The van der Waals surface area contributed by atoms with E-state index in [4.69, 9.17) is 4.74 Å². The Labute approximate surface area is 105 Å². The molecule has 2 rings (SSSR count). The quantitative estimate of drug-likeness (QED) is 0.882. The maximum atomic E-state index is 5.60. The normalized spacial score (nSPS) is 10.5. The first-order chi connectivity index (χ1) is 8.28. The van der Waals surface area contributed by atoms with Crippen LogP contribution < -0.4 is 10.1 Å². The number of aromatic nitrogens is 2. The molecule has 0 aliphatic heterocycles. The van der Waals surface area contributed by atoms with Gasteiger partial charge < -0.3 is 10.1 Å². The minimum atomic E-state index is 0.497. The van der Waals surface area contributed by atoms with Gasteiger partial charge in [0.05, 0.1) is 22.6 Å². The van der Waals surface area contributed by atoms with E-state index >= 15 is 0 Å². The van der Waals surface area contributed by atoms with E-state index in [9.17, 15) is 0 Å². The highest BCUT2D eigenvalue weighted by Gasteiger charge is 2.00. The summed E-state index contributed by atoms with van der Waals surface area (Å²) in [6.07, 6.45) is 1.74. The van der Waals surface area contributed by atoms with E-state index in [1.54, 1.807) is 17.5 Å². The second-order valence-corrected chi connectivity index (χ2v) is 4.72. The fourth-order valence-corrected chi connectivity index (χ4v) is 2.01. The van der Waals surface area contributed by atoms with Crippen molar-refractivity contribution in [3.8, 4) is 5.75 Å². The summed E-state index contributed by atoms with van der Waals surface area (Å²) in [5.74, 6) is 0.774. The zero-order chi connectivity index (χ0) is 12.1. The van der Waals surface area contributed by atoms with Gasteiger partial charge in [-0.05, 0) is 26.1 Å². The van der Waals surface area contributed by atoms with Gasteiger partial charge in [-0.3, -0.25) is 4.98 Å². The van der Waals surface area contributed by atoms with Gasteiger partial charge in [0.25, 0.3) is 0 Å². The molecule has 2 heterocycles. The summed E-state index contributed by atoms with van der Waals surface area (Å²) < 4.78 is 5.60. The molecular weight excluding hydrogens is 234 g/mol. The van der Waals surface area contributed by atoms with Crippen molar-refractivity contribution in [3.63, 3.8) is 0 Å². The third-order valence-electron chi connectivity index (χ3n) is 2.21. The van der Waals surface area contributed by atoms with Crippen LogP contribution in [0.4, 0.5) is 0 Å². The largest absolute Gasteiger partial charge is 0.486 e. The third kappa shape index (κ3) is 3.51. The summed E-state index contributed by atoms with van der Waals surface area (Å²) in [7, 11) is 1.90. The Morgan fingerprint density at radius 3 is 2.82 bits per heavy atom. The monoisotopic (exact) mass is 249 g/mol. The maximum absolute atomic E-state index is 5.60. The second kappa shape index (κ2) is 5.75. The average Bonchev–Trinajstić information content (AvgIpc) is 2.75. The van der Waals surface area contributed by atoms with Crippen molar-refractivity contribution >= 4 is 11.3 Å². The number of rotatable bonds is 5. The van der Waals surface area contributed by atoms with E-state index in [0.29, 0.717) is 6.61 Å². The maximum Gasteiger partial charge on any atom is 0.138 e. The summed E-state index contributed by atoms with van der Waals surface area (Å²) in [6.45, 7) is 3.26. The van der Waals surface area contributed by atoms with Gasteiger partial charge >= 0.3 is 0 Å². The number of nitrogens with zero attached hydrogens (tertiary/aromatic N) is 2. The predicted octanol–water partition coefficient (Wildman–Crippen LogP) is 2.14. The van der Waals surface area contributed by atoms with Crippen molar-refractivity contribution in [1.29, 1.82) is 0 Å². The zero-order valence-electron chi connectivity index (χ0n) is 9.93. The van der Waals surface area contributed by atoms with Gasteiger partial charge in [0.2, 0.25) is 0 Å². The summed E-state index contributed by atoms with van der Waals surface area (Å²) >= 11 is 1.63. The first-order valence-corrected chi connectivity index (χ1v) is 6.29. The molecule has 0 spiro atoms. The topological polar surface area (TPSA) is 47.0 Å². The van der Waals surface area contributed by atoms with Crippen molar-refractivity contribution in [3.05, 3.63) is 40.1 Å². The van der Waals surface area contributed by atoms with Gasteiger partial charge in [-0.1, -0.05) is 0 Å². The minimum Gasteiger partial charge on any atom is -0.486 e. The first-order valence-electron chi connectivity index (χ1n) is 5.41. The van der Waals surface area contributed by atoms with Gasteiger partial charge in [0.15, 0.2) is 0 Å². The van der Waals surface area contributed by atoms with Gasteiger partial charge in [-0.2, -0.15) is 0 Å². The lowest BCUT2D eigenvalue weighted by molar-refractivity contribution is 0.300. The predicted molar refractivity (Wildman–Crippen MR) is 68.2 cm³/mol. The van der Waals surface area contributed by atoms with E-state index in [1.165, 1.54) is 0 Å². The fraction of sp³-hybridized carbons (Fsp3) is 0.333. The standard InChI is InChI=1S/C12H15N3OS/c1-9-15-11(8-17-9)7-16-12-4-3-10(5-13-2)14-6-12/h3-4,6,8,13H,5,7H2,1-2H3. The number of thiazole rings is 1. The summed E-state index contributed by atoms with van der Waals surface area (Å²) in [5, 5.41) is 6.13. The molecule has 0 saturated carbocycles. The highest BCUT2D eigenvalue weighted by atomic mass is 32.1. The van der Waals surface area contributed by atoms with Crippen molar-refractivity contribution in [2.24, 2.45) is 0 Å². The van der Waals surface area contributed by atoms with Gasteiger partial charge in [-0.15, -0.1) is 11.3 Å². The molecule has 0 unspecified atom stereocenters. The molecular formula is C12H15N3OS. The smallest absolute Gasteiger partial charge is 0.138 e. The molecule has 0 radical (unpaired) electrons. The van der Waals surface area contributed by atoms with Crippen LogP contribution in [0.2, 0.25) is 0 Å². The lowest BCUT2D eigenvalue weighted by Gasteiger charge is -2.04. The molecule has 90 valence electrons. The molecule has 17 heavy (non-hydrogen) atoms. The molecule has 0 atom stereocenters. The molecule has 2 aromatic heterocycles. The van der Waals surface area contributed by atoms with Crippen LogP contribution in [0.1, 0.15) is 16.4 Å². The van der Waals surface area contributed by atoms with Crippen molar-refractivity contribution < 1.29 is 4.74 Å². The molecule has 0 amide bonds. The number of hydrogen-bond acceptors (Lipinski definition) is 5. The van der Waals surface area contributed by atoms with Crippen LogP contribution in [0, 0.1) is 6.92 Å². The zero-order valence-corrected chi connectivity index (χ0v) is 10.8. The van der Waals surface area contributed by atoms with E-state index < -0.39 is 0 Å². The Hall–Kier alpha value is -1.46. The first kappa shape index (κ1) is 12.0.